The van der Waals surface area contributed by atoms with Gasteiger partial charge in [0.25, 0.3) is 0 Å². The molecule has 0 aromatic carbocycles. The highest BCUT2D eigenvalue weighted by molar-refractivity contribution is 5.84. The van der Waals surface area contributed by atoms with E-state index < -0.39 is 46.0 Å². The van der Waals surface area contributed by atoms with Crippen molar-refractivity contribution < 1.29 is 59.7 Å². The molecule has 3 aliphatic heterocycles. The van der Waals surface area contributed by atoms with Crippen molar-refractivity contribution in [1.29, 1.82) is 0 Å². The summed E-state index contributed by atoms with van der Waals surface area (Å²) in [7, 11) is 0. The van der Waals surface area contributed by atoms with Gasteiger partial charge in [0, 0.05) is 55.6 Å². The quantitative estimate of drug-likeness (QED) is 0.146. The Hall–Kier alpha value is -4.39. The van der Waals surface area contributed by atoms with Crippen LogP contribution in [0.5, 0.6) is 0 Å². The maximum atomic E-state index is 13.8. The van der Waals surface area contributed by atoms with Crippen molar-refractivity contribution in [3.63, 3.8) is 0 Å². The summed E-state index contributed by atoms with van der Waals surface area (Å²) in [5, 5.41) is 31.0. The third kappa shape index (κ3) is 12.8. The number of aromatic nitrogens is 2. The molecule has 19 heteroatoms. The minimum atomic E-state index is -4.64. The Morgan fingerprint density at radius 1 is 0.731 bits per heavy atom. The van der Waals surface area contributed by atoms with Crippen LogP contribution >= 0.6 is 0 Å². The summed E-state index contributed by atoms with van der Waals surface area (Å²) < 4.78 is 90.7. The standard InChI is InChI=1S/C24H34F3N3O4.C24H34F3N3O3/c1-15(2)11-23(8-6-18(12-23)28-21(32)34-22(3,4)5)20(31)29-9-7-19-16(13-29)10-17(14-30(19)33)24(25,26)27;1-16(2)12-23(7-3-20(13-23)28-19-5-9-33-10-6-19)22(31)29-8-4-21-17(14-29)11-18(15-30(21)32)24(25,26)27/h10,14-15,18H,6-9,11-13H2,1-5H3,(H,28,32);11,15-16,19-20,28H,3-10,12-14H2,1-2H3/t18-,23-;20-,23-/m11/s1. The first kappa shape index (κ1) is 52.0. The Balaban J connectivity index is 0.000000221. The fourth-order valence-corrected chi connectivity index (χ4v) is 11.2. The van der Waals surface area contributed by atoms with Gasteiger partial charge in [-0.25, -0.2) is 4.79 Å². The molecule has 7 rings (SSSR count). The van der Waals surface area contributed by atoms with Gasteiger partial charge in [0.2, 0.25) is 11.8 Å². The van der Waals surface area contributed by atoms with Crippen LogP contribution in [0.15, 0.2) is 24.5 Å². The van der Waals surface area contributed by atoms with Gasteiger partial charge < -0.3 is 40.3 Å². The molecule has 374 valence electrons. The highest BCUT2D eigenvalue weighted by Gasteiger charge is 2.50. The van der Waals surface area contributed by atoms with Crippen LogP contribution in [0.1, 0.15) is 146 Å². The predicted molar refractivity (Wildman–Crippen MR) is 234 cm³/mol. The first-order valence-electron chi connectivity index (χ1n) is 23.7. The summed E-state index contributed by atoms with van der Waals surface area (Å²) in [6.45, 7) is 15.7. The number of rotatable bonds is 9. The van der Waals surface area contributed by atoms with E-state index in [-0.39, 0.29) is 78.3 Å². The molecule has 5 heterocycles. The first-order valence-corrected chi connectivity index (χ1v) is 23.7. The summed E-state index contributed by atoms with van der Waals surface area (Å²) >= 11 is 0. The number of nitrogens with one attached hydrogen (secondary N) is 2. The van der Waals surface area contributed by atoms with E-state index in [9.17, 15) is 51.1 Å². The van der Waals surface area contributed by atoms with E-state index in [2.05, 4.69) is 24.5 Å². The SMILES string of the molecule is CC(C)C[C@]1(C(=O)N2CCc3c(cc(C(F)(F)F)c[n+]3[O-])C2)CC[C@@H](NC(=O)OC(C)(C)C)C1.CC(C)C[C@]1(C(=O)N2CCc3c(cc(C(F)(F)F)c[n+]3[O-])C2)CC[C@@H](NC2CCOCC2)C1. The van der Waals surface area contributed by atoms with Crippen LogP contribution in [0, 0.1) is 33.1 Å². The van der Waals surface area contributed by atoms with Crippen molar-refractivity contribution in [1.82, 2.24) is 20.4 Å². The summed E-state index contributed by atoms with van der Waals surface area (Å²) in [5.41, 5.74) is -2.73. The number of alkyl carbamates (subject to hydrolysis) is 1. The van der Waals surface area contributed by atoms with E-state index in [0.29, 0.717) is 72.6 Å². The van der Waals surface area contributed by atoms with Gasteiger partial charge in [-0.1, -0.05) is 27.7 Å². The zero-order chi connectivity index (χ0) is 49.3. The van der Waals surface area contributed by atoms with Crippen molar-refractivity contribution >= 4 is 17.9 Å². The third-order valence-corrected chi connectivity index (χ3v) is 13.8. The molecule has 2 aromatic rings. The molecule has 2 aromatic heterocycles. The molecule has 3 fully saturated rings. The van der Waals surface area contributed by atoms with Crippen molar-refractivity contribution in [2.24, 2.45) is 22.7 Å². The van der Waals surface area contributed by atoms with Crippen molar-refractivity contribution in [3.8, 4) is 0 Å². The molecule has 2 N–H and O–H groups in total. The Morgan fingerprint density at radius 3 is 1.58 bits per heavy atom. The van der Waals surface area contributed by atoms with Crippen LogP contribution in [0.4, 0.5) is 31.1 Å². The molecule has 2 saturated carbocycles. The van der Waals surface area contributed by atoms with Gasteiger partial charge in [-0.05, 0) is 109 Å². The minimum Gasteiger partial charge on any atom is -0.618 e. The Kier molecular flexibility index (Phi) is 15.7. The smallest absolute Gasteiger partial charge is 0.422 e. The second-order valence-electron chi connectivity index (χ2n) is 21.3. The van der Waals surface area contributed by atoms with Gasteiger partial charge in [-0.2, -0.15) is 35.8 Å². The molecular formula is C48H68F6N6O7. The van der Waals surface area contributed by atoms with Crippen molar-refractivity contribution in [3.05, 3.63) is 68.6 Å². The normalized spacial score (nSPS) is 24.8. The number of amides is 3. The average molecular weight is 955 g/mol. The lowest BCUT2D eigenvalue weighted by Gasteiger charge is -2.38. The lowest BCUT2D eigenvalue weighted by Crippen LogP contribution is -2.49. The molecular weight excluding hydrogens is 887 g/mol. The number of carbonyl (C=O) groups is 3. The maximum Gasteiger partial charge on any atom is 0.422 e. The van der Waals surface area contributed by atoms with Gasteiger partial charge in [0.15, 0.2) is 23.8 Å². The third-order valence-electron chi connectivity index (χ3n) is 13.8. The molecule has 0 unspecified atom stereocenters. The van der Waals surface area contributed by atoms with Crippen LogP contribution in [0.2, 0.25) is 0 Å². The summed E-state index contributed by atoms with van der Waals surface area (Å²) in [6, 6.07) is 2.44. The fraction of sp³-hybridized carbons (Fsp3) is 0.729. The number of carbonyl (C=O) groups excluding carboxylic acids is 3. The molecule has 5 aliphatic rings. The van der Waals surface area contributed by atoms with Crippen LogP contribution in [-0.2, 0) is 57.3 Å². The number of hydrogen-bond donors (Lipinski definition) is 2. The number of ether oxygens (including phenoxy) is 2. The number of fused-ring (bicyclic) bond motifs is 2. The highest BCUT2D eigenvalue weighted by atomic mass is 19.4. The minimum absolute atomic E-state index is 0.0213. The molecule has 4 atom stereocenters. The molecule has 67 heavy (non-hydrogen) atoms. The Morgan fingerprint density at radius 2 is 1.16 bits per heavy atom. The fourth-order valence-electron chi connectivity index (χ4n) is 11.2. The van der Waals surface area contributed by atoms with Crippen LogP contribution in [0.3, 0.4) is 0 Å². The predicted octanol–water partition coefficient (Wildman–Crippen LogP) is 7.91. The van der Waals surface area contributed by atoms with Crippen molar-refractivity contribution in [2.75, 3.05) is 26.3 Å². The van der Waals surface area contributed by atoms with E-state index in [1.54, 1.807) is 30.6 Å². The summed E-state index contributed by atoms with van der Waals surface area (Å²) in [6.07, 6.45) is -0.789. The van der Waals surface area contributed by atoms with Crippen LogP contribution < -0.4 is 20.1 Å². The Bertz CT molecular complexity index is 2110. The number of hydrogen-bond acceptors (Lipinski definition) is 8. The summed E-state index contributed by atoms with van der Waals surface area (Å²) in [4.78, 5) is 43.1. The first-order chi connectivity index (χ1) is 31.2. The number of nitrogens with zero attached hydrogens (tertiary/aromatic N) is 4. The van der Waals surface area contributed by atoms with E-state index in [1.807, 2.05) is 13.8 Å². The zero-order valence-corrected chi connectivity index (χ0v) is 39.8. The molecule has 2 aliphatic carbocycles. The molecule has 13 nitrogen and oxygen atoms in total. The second kappa shape index (κ2) is 20.3. The van der Waals surface area contributed by atoms with E-state index >= 15 is 0 Å². The molecule has 1 saturated heterocycles. The number of halogens is 6. The van der Waals surface area contributed by atoms with E-state index in [0.717, 1.165) is 63.9 Å². The number of alkyl halides is 6. The molecule has 0 spiro atoms. The Labute approximate surface area is 389 Å². The lowest BCUT2D eigenvalue weighted by atomic mass is 9.76. The van der Waals surface area contributed by atoms with Crippen LogP contribution in [-0.4, -0.2) is 77.7 Å². The van der Waals surface area contributed by atoms with E-state index in [4.69, 9.17) is 9.47 Å². The monoisotopic (exact) mass is 955 g/mol. The van der Waals surface area contributed by atoms with Gasteiger partial charge in [-0.15, -0.1) is 0 Å². The summed E-state index contributed by atoms with van der Waals surface area (Å²) in [5.74, 6) is 0.429. The van der Waals surface area contributed by atoms with Crippen LogP contribution in [0.25, 0.3) is 0 Å². The largest absolute Gasteiger partial charge is 0.618 e. The van der Waals surface area contributed by atoms with Crippen molar-refractivity contribution in [2.45, 2.75) is 175 Å². The van der Waals surface area contributed by atoms with Gasteiger partial charge in [-0.3, -0.25) is 9.59 Å². The lowest BCUT2D eigenvalue weighted by molar-refractivity contribution is -0.616. The van der Waals surface area contributed by atoms with Gasteiger partial charge in [0.1, 0.15) is 16.7 Å². The molecule has 0 bridgehead atoms. The highest BCUT2D eigenvalue weighted by Crippen LogP contribution is 2.47. The molecule has 3 amide bonds. The number of pyridine rings is 2. The molecule has 0 radical (unpaired) electrons. The topological polar surface area (TPSA) is 154 Å². The van der Waals surface area contributed by atoms with E-state index in [1.165, 1.54) is 0 Å². The zero-order valence-electron chi connectivity index (χ0n) is 39.8. The van der Waals surface area contributed by atoms with Gasteiger partial charge >= 0.3 is 18.4 Å². The van der Waals surface area contributed by atoms with Gasteiger partial charge in [0.05, 0.1) is 36.8 Å². The second-order valence-corrected chi connectivity index (χ2v) is 21.3. The maximum absolute atomic E-state index is 13.8. The average Bonchev–Trinajstić information content (AvgIpc) is 3.82.